The molecular weight excluding hydrogens is 430 g/mol. The van der Waals surface area contributed by atoms with Crippen molar-refractivity contribution in [2.45, 2.75) is 45.1 Å². The number of anilines is 1. The molecule has 3 N–H and O–H groups in total. The van der Waals surface area contributed by atoms with Crippen LogP contribution in [0.15, 0.2) is 66.7 Å². The zero-order valence-corrected chi connectivity index (χ0v) is 19.2. The molecule has 4 rings (SSSR count). The summed E-state index contributed by atoms with van der Waals surface area (Å²) >= 11 is 0. The average Bonchev–Trinajstić information content (AvgIpc) is 2.87. The van der Waals surface area contributed by atoms with E-state index < -0.39 is 17.9 Å². The molecule has 7 heteroatoms. The Morgan fingerprint density at radius 1 is 0.853 bits per heavy atom. The van der Waals surface area contributed by atoms with Crippen molar-refractivity contribution in [3.63, 3.8) is 0 Å². The number of nitrogens with one attached hydrogen (secondary N) is 3. The third kappa shape index (κ3) is 5.92. The number of fused-ring (bicyclic) bond motifs is 1. The molecule has 1 aliphatic rings. The predicted octanol–water partition coefficient (Wildman–Crippen LogP) is 4.59. The highest BCUT2D eigenvalue weighted by Crippen LogP contribution is 2.25. The molecule has 0 saturated heterocycles. The van der Waals surface area contributed by atoms with Crippen LogP contribution in [0, 0.1) is 5.92 Å². The fraction of sp³-hybridized carbons (Fsp3) is 0.296. The van der Waals surface area contributed by atoms with Crippen molar-refractivity contribution < 1.29 is 19.1 Å². The average molecular weight is 460 g/mol. The van der Waals surface area contributed by atoms with Crippen molar-refractivity contribution >= 4 is 34.2 Å². The first kappa shape index (κ1) is 23.3. The summed E-state index contributed by atoms with van der Waals surface area (Å²) < 4.78 is 5.73. The Labute approximate surface area is 198 Å². The molecule has 7 nitrogen and oxygen atoms in total. The van der Waals surface area contributed by atoms with E-state index in [2.05, 4.69) is 16.2 Å². The highest BCUT2D eigenvalue weighted by atomic mass is 16.5. The van der Waals surface area contributed by atoms with Gasteiger partial charge in [-0.3, -0.25) is 25.2 Å². The predicted molar refractivity (Wildman–Crippen MR) is 131 cm³/mol. The molecule has 0 aromatic heterocycles. The smallest absolute Gasteiger partial charge is 0.279 e. The van der Waals surface area contributed by atoms with Gasteiger partial charge in [0, 0.05) is 17.2 Å². The van der Waals surface area contributed by atoms with Gasteiger partial charge in [-0.15, -0.1) is 0 Å². The number of carbonyl (C=O) groups excluding carboxylic acids is 3. The lowest BCUT2D eigenvalue weighted by Crippen LogP contribution is -2.47. The summed E-state index contributed by atoms with van der Waals surface area (Å²) in [6.45, 7) is 1.61. The van der Waals surface area contributed by atoms with Gasteiger partial charge in [0.15, 0.2) is 6.10 Å². The van der Waals surface area contributed by atoms with Crippen molar-refractivity contribution in [1.29, 1.82) is 0 Å². The molecule has 0 radical (unpaired) electrons. The van der Waals surface area contributed by atoms with Crippen LogP contribution < -0.4 is 20.9 Å². The number of ether oxygens (including phenoxy) is 1. The second-order valence-electron chi connectivity index (χ2n) is 8.62. The lowest BCUT2D eigenvalue weighted by molar-refractivity contribution is -0.128. The second-order valence-corrected chi connectivity index (χ2v) is 8.62. The van der Waals surface area contributed by atoms with Crippen LogP contribution in [0.1, 0.15) is 49.4 Å². The van der Waals surface area contributed by atoms with E-state index in [9.17, 15) is 14.4 Å². The molecule has 0 heterocycles. The van der Waals surface area contributed by atoms with Crippen molar-refractivity contribution in [2.75, 3.05) is 5.32 Å². The lowest BCUT2D eigenvalue weighted by Gasteiger charge is -2.20. The summed E-state index contributed by atoms with van der Waals surface area (Å²) in [6, 6.07) is 20.1. The minimum absolute atomic E-state index is 0.00905. The van der Waals surface area contributed by atoms with Gasteiger partial charge in [-0.05, 0) is 60.9 Å². The van der Waals surface area contributed by atoms with Crippen LogP contribution in [0.25, 0.3) is 10.8 Å². The molecule has 3 amide bonds. The van der Waals surface area contributed by atoms with E-state index in [1.807, 2.05) is 36.4 Å². The standard InChI is InChI=1S/C27H29N3O4/c1-18(34-24-15-14-19-8-5-6-11-21(19)17-24)25(31)29-30-27(33)22-12-7-13-23(16-22)28-26(32)20-9-3-2-4-10-20/h5-8,11-18,20H,2-4,9-10H2,1H3,(H,28,32)(H,29,31)(H,30,33). The van der Waals surface area contributed by atoms with Gasteiger partial charge in [-0.25, -0.2) is 0 Å². The fourth-order valence-electron chi connectivity index (χ4n) is 4.14. The zero-order chi connectivity index (χ0) is 23.9. The summed E-state index contributed by atoms with van der Waals surface area (Å²) in [5.74, 6) is -0.391. The van der Waals surface area contributed by atoms with Crippen LogP contribution in [0.4, 0.5) is 5.69 Å². The molecule has 1 fully saturated rings. The Balaban J connectivity index is 1.29. The zero-order valence-electron chi connectivity index (χ0n) is 19.2. The van der Waals surface area contributed by atoms with E-state index in [1.54, 1.807) is 37.3 Å². The minimum atomic E-state index is -0.817. The molecule has 0 spiro atoms. The number of hydrogen-bond donors (Lipinski definition) is 3. The van der Waals surface area contributed by atoms with Crippen LogP contribution in [0.2, 0.25) is 0 Å². The summed E-state index contributed by atoms with van der Waals surface area (Å²) in [4.78, 5) is 37.4. The molecule has 34 heavy (non-hydrogen) atoms. The van der Waals surface area contributed by atoms with E-state index in [4.69, 9.17) is 4.74 Å². The van der Waals surface area contributed by atoms with Crippen LogP contribution in [-0.4, -0.2) is 23.8 Å². The number of hydrazine groups is 1. The Hall–Kier alpha value is -3.87. The van der Waals surface area contributed by atoms with E-state index in [0.717, 1.165) is 36.5 Å². The maximum atomic E-state index is 12.5. The highest BCUT2D eigenvalue weighted by molar-refractivity contribution is 5.98. The van der Waals surface area contributed by atoms with Crippen LogP contribution in [0.3, 0.4) is 0 Å². The van der Waals surface area contributed by atoms with Gasteiger partial charge < -0.3 is 10.1 Å². The van der Waals surface area contributed by atoms with Gasteiger partial charge in [0.1, 0.15) is 5.75 Å². The summed E-state index contributed by atoms with van der Waals surface area (Å²) in [5, 5.41) is 4.99. The normalized spacial score (nSPS) is 14.7. The summed E-state index contributed by atoms with van der Waals surface area (Å²) in [5.41, 5.74) is 5.69. The fourth-order valence-corrected chi connectivity index (χ4v) is 4.14. The van der Waals surface area contributed by atoms with E-state index in [1.165, 1.54) is 6.42 Å². The van der Waals surface area contributed by atoms with Crippen molar-refractivity contribution in [3.8, 4) is 5.75 Å². The monoisotopic (exact) mass is 459 g/mol. The number of amides is 3. The van der Waals surface area contributed by atoms with Gasteiger partial charge >= 0.3 is 0 Å². The highest BCUT2D eigenvalue weighted by Gasteiger charge is 2.21. The van der Waals surface area contributed by atoms with Gasteiger partial charge in [-0.1, -0.05) is 55.7 Å². The maximum Gasteiger partial charge on any atom is 0.279 e. The van der Waals surface area contributed by atoms with E-state index in [-0.39, 0.29) is 11.8 Å². The summed E-state index contributed by atoms with van der Waals surface area (Å²) in [7, 11) is 0. The molecule has 1 unspecified atom stereocenters. The Bertz CT molecular complexity index is 1190. The minimum Gasteiger partial charge on any atom is -0.481 e. The first-order valence-corrected chi connectivity index (χ1v) is 11.7. The SMILES string of the molecule is CC(Oc1ccc2ccccc2c1)C(=O)NNC(=O)c1cccc(NC(=O)C2CCCCC2)c1. The van der Waals surface area contributed by atoms with Crippen LogP contribution in [0.5, 0.6) is 5.75 Å². The van der Waals surface area contributed by atoms with Gasteiger partial charge in [0.25, 0.3) is 11.8 Å². The molecule has 1 aliphatic carbocycles. The second kappa shape index (κ2) is 10.8. The van der Waals surface area contributed by atoms with Crippen LogP contribution >= 0.6 is 0 Å². The Morgan fingerprint density at radius 2 is 1.62 bits per heavy atom. The van der Waals surface area contributed by atoms with Gasteiger partial charge in [-0.2, -0.15) is 0 Å². The van der Waals surface area contributed by atoms with Gasteiger partial charge in [0.2, 0.25) is 5.91 Å². The van der Waals surface area contributed by atoms with E-state index in [0.29, 0.717) is 17.0 Å². The lowest BCUT2D eigenvalue weighted by atomic mass is 9.88. The molecule has 3 aromatic carbocycles. The maximum absolute atomic E-state index is 12.5. The topological polar surface area (TPSA) is 96.5 Å². The molecule has 3 aromatic rings. The largest absolute Gasteiger partial charge is 0.481 e. The molecule has 1 atom stereocenters. The molecule has 0 aliphatic heterocycles. The number of benzene rings is 3. The third-order valence-corrected chi connectivity index (χ3v) is 6.07. The van der Waals surface area contributed by atoms with E-state index >= 15 is 0 Å². The molecule has 0 bridgehead atoms. The van der Waals surface area contributed by atoms with Gasteiger partial charge in [0.05, 0.1) is 0 Å². The Morgan fingerprint density at radius 3 is 2.41 bits per heavy atom. The van der Waals surface area contributed by atoms with Crippen LogP contribution in [-0.2, 0) is 9.59 Å². The number of hydrogen-bond acceptors (Lipinski definition) is 4. The van der Waals surface area contributed by atoms with Crippen molar-refractivity contribution in [3.05, 3.63) is 72.3 Å². The third-order valence-electron chi connectivity index (χ3n) is 6.07. The Kier molecular flexibility index (Phi) is 7.42. The van der Waals surface area contributed by atoms with Crippen molar-refractivity contribution in [2.24, 2.45) is 5.92 Å². The molecule has 1 saturated carbocycles. The number of carbonyl (C=O) groups is 3. The quantitative estimate of drug-likeness (QED) is 0.470. The van der Waals surface area contributed by atoms with Crippen molar-refractivity contribution in [1.82, 2.24) is 10.9 Å². The summed E-state index contributed by atoms with van der Waals surface area (Å²) in [6.07, 6.45) is 4.31. The first-order valence-electron chi connectivity index (χ1n) is 11.7. The molecular formula is C27H29N3O4. The number of rotatable bonds is 6. The molecule has 176 valence electrons. The first-order chi connectivity index (χ1) is 16.5.